The Morgan fingerprint density at radius 1 is 0.839 bits per heavy atom. The van der Waals surface area contributed by atoms with Crippen molar-refractivity contribution in [1.82, 2.24) is 0 Å². The van der Waals surface area contributed by atoms with Crippen LogP contribution in [0.4, 0.5) is 0 Å². The second-order valence-electron chi connectivity index (χ2n) is 8.83. The van der Waals surface area contributed by atoms with Crippen LogP contribution in [0.2, 0.25) is 0 Å². The van der Waals surface area contributed by atoms with Crippen molar-refractivity contribution in [3.8, 4) is 0 Å². The molecule has 1 rings (SSSR count). The van der Waals surface area contributed by atoms with Gasteiger partial charge in [-0.1, -0.05) is 121 Å². The number of unbranched alkanes of at least 4 members (excludes halogenated alkanes) is 13. The fourth-order valence-corrected chi connectivity index (χ4v) is 5.54. The Labute approximate surface area is 189 Å². The van der Waals surface area contributed by atoms with E-state index in [0.717, 1.165) is 19.3 Å². The summed E-state index contributed by atoms with van der Waals surface area (Å²) in [7, 11) is -4.69. The molecule has 3 N–H and O–H groups in total. The molecule has 1 unspecified atom stereocenters. The third-order valence-electron chi connectivity index (χ3n) is 6.30. The molecule has 0 aliphatic carbocycles. The highest BCUT2D eigenvalue weighted by Gasteiger charge is 2.50. The number of nitrogens with two attached hydrogens (primary N) is 1. The van der Waals surface area contributed by atoms with Gasteiger partial charge in [0.2, 0.25) is 5.91 Å². The van der Waals surface area contributed by atoms with Gasteiger partial charge in [-0.2, -0.15) is 8.42 Å². The van der Waals surface area contributed by atoms with Gasteiger partial charge in [0.05, 0.1) is 0 Å². The van der Waals surface area contributed by atoms with Crippen molar-refractivity contribution in [2.24, 2.45) is 5.73 Å². The Kier molecular flexibility index (Phi) is 13.0. The van der Waals surface area contributed by atoms with Crippen molar-refractivity contribution >= 4 is 16.0 Å². The molecule has 0 spiro atoms. The average molecular weight is 454 g/mol. The van der Waals surface area contributed by atoms with Crippen LogP contribution in [0.25, 0.3) is 0 Å². The standard InChI is InChI=1S/C25H43NO4S/c1-3-4-5-6-7-8-9-10-11-12-13-14-15-18-21-25(24(26)27,31(28,29)30)23-20-17-16-19-22(23)2/h16-17,19-20H,3-15,18,21H2,1-2H3,(H2,26,27)(H,28,29,30). The maximum absolute atomic E-state index is 12.3. The molecule has 0 saturated carbocycles. The second kappa shape index (κ2) is 14.6. The van der Waals surface area contributed by atoms with Crippen LogP contribution in [0.15, 0.2) is 24.3 Å². The van der Waals surface area contributed by atoms with Gasteiger partial charge in [-0.25, -0.2) is 0 Å². The predicted molar refractivity (Wildman–Crippen MR) is 129 cm³/mol. The lowest BCUT2D eigenvalue weighted by atomic mass is 9.88. The summed E-state index contributed by atoms with van der Waals surface area (Å²) in [6, 6.07) is 6.72. The van der Waals surface area contributed by atoms with Gasteiger partial charge in [-0.15, -0.1) is 0 Å². The fraction of sp³-hybridized carbons (Fsp3) is 0.720. The minimum atomic E-state index is -4.69. The molecule has 31 heavy (non-hydrogen) atoms. The lowest BCUT2D eigenvalue weighted by Gasteiger charge is -2.29. The molecule has 0 aromatic heterocycles. The molecule has 1 aromatic rings. The number of amides is 1. The van der Waals surface area contributed by atoms with Crippen LogP contribution in [-0.4, -0.2) is 18.9 Å². The van der Waals surface area contributed by atoms with E-state index < -0.39 is 20.8 Å². The molecule has 0 aliphatic heterocycles. The monoisotopic (exact) mass is 453 g/mol. The van der Waals surface area contributed by atoms with Crippen LogP contribution in [0.3, 0.4) is 0 Å². The summed E-state index contributed by atoms with van der Waals surface area (Å²) in [4.78, 5) is 12.3. The number of carbonyl (C=O) groups is 1. The molecule has 0 radical (unpaired) electrons. The van der Waals surface area contributed by atoms with Crippen molar-refractivity contribution in [2.45, 2.75) is 115 Å². The van der Waals surface area contributed by atoms with Crippen LogP contribution in [0, 0.1) is 6.92 Å². The second-order valence-corrected chi connectivity index (χ2v) is 10.5. The van der Waals surface area contributed by atoms with E-state index in [4.69, 9.17) is 5.73 Å². The van der Waals surface area contributed by atoms with Crippen LogP contribution in [-0.2, 0) is 19.7 Å². The summed E-state index contributed by atoms with van der Waals surface area (Å²) < 4.78 is 32.4. The van der Waals surface area contributed by atoms with E-state index in [1.54, 1.807) is 31.2 Å². The molecule has 1 amide bonds. The Balaban J connectivity index is 2.37. The van der Waals surface area contributed by atoms with E-state index in [-0.39, 0.29) is 12.0 Å². The minimum absolute atomic E-state index is 0.00402. The number of carbonyl (C=O) groups excluding carboxylic acids is 1. The summed E-state index contributed by atoms with van der Waals surface area (Å²) in [5, 5.41) is 0. The number of benzene rings is 1. The normalized spacial score (nSPS) is 13.8. The van der Waals surface area contributed by atoms with E-state index in [1.165, 1.54) is 64.2 Å². The Hall–Kier alpha value is -1.40. The zero-order valence-electron chi connectivity index (χ0n) is 19.6. The number of rotatable bonds is 18. The highest BCUT2D eigenvalue weighted by Crippen LogP contribution is 2.37. The highest BCUT2D eigenvalue weighted by atomic mass is 32.2. The number of hydrogen-bond donors (Lipinski definition) is 2. The molecule has 178 valence electrons. The summed E-state index contributed by atoms with van der Waals surface area (Å²) in [5.41, 5.74) is 6.44. The fourth-order valence-electron chi connectivity index (χ4n) is 4.38. The quantitative estimate of drug-likeness (QED) is 0.197. The highest BCUT2D eigenvalue weighted by molar-refractivity contribution is 7.87. The lowest BCUT2D eigenvalue weighted by Crippen LogP contribution is -2.48. The molecule has 0 bridgehead atoms. The van der Waals surface area contributed by atoms with Gasteiger partial charge >= 0.3 is 0 Å². The van der Waals surface area contributed by atoms with Crippen LogP contribution in [0.5, 0.6) is 0 Å². The summed E-state index contributed by atoms with van der Waals surface area (Å²) >= 11 is 0. The molecule has 0 saturated heterocycles. The number of aryl methyl sites for hydroxylation is 1. The first-order valence-corrected chi connectivity index (χ1v) is 13.5. The predicted octanol–water partition coefficient (Wildman–Crippen LogP) is 6.43. The van der Waals surface area contributed by atoms with E-state index in [1.807, 2.05) is 0 Å². The zero-order valence-corrected chi connectivity index (χ0v) is 20.4. The molecule has 0 aliphatic rings. The molecule has 1 aromatic carbocycles. The summed E-state index contributed by atoms with van der Waals surface area (Å²) in [6.07, 6.45) is 16.6. The Bertz CT molecular complexity index is 748. The van der Waals surface area contributed by atoms with E-state index in [9.17, 15) is 17.8 Å². The van der Waals surface area contributed by atoms with E-state index >= 15 is 0 Å². The Morgan fingerprint density at radius 3 is 1.65 bits per heavy atom. The molecule has 5 nitrogen and oxygen atoms in total. The van der Waals surface area contributed by atoms with Gasteiger partial charge in [0.1, 0.15) is 0 Å². The summed E-state index contributed by atoms with van der Waals surface area (Å²) in [5.74, 6) is -1.01. The third kappa shape index (κ3) is 8.93. The number of primary amides is 1. The van der Waals surface area contributed by atoms with E-state index in [2.05, 4.69) is 6.92 Å². The molecule has 0 fully saturated rings. The summed E-state index contributed by atoms with van der Waals surface area (Å²) in [6.45, 7) is 3.97. The maximum atomic E-state index is 12.3. The zero-order chi connectivity index (χ0) is 23.2. The van der Waals surface area contributed by atoms with Crippen LogP contribution < -0.4 is 5.73 Å². The Morgan fingerprint density at radius 2 is 1.26 bits per heavy atom. The van der Waals surface area contributed by atoms with Gasteiger partial charge < -0.3 is 5.73 Å². The van der Waals surface area contributed by atoms with Crippen LogP contribution in [0.1, 0.15) is 114 Å². The van der Waals surface area contributed by atoms with Gasteiger partial charge in [0, 0.05) is 0 Å². The van der Waals surface area contributed by atoms with Crippen molar-refractivity contribution in [3.63, 3.8) is 0 Å². The topological polar surface area (TPSA) is 97.5 Å². The molecule has 6 heteroatoms. The maximum Gasteiger partial charge on any atom is 0.284 e. The number of hydrogen-bond acceptors (Lipinski definition) is 3. The third-order valence-corrected chi connectivity index (χ3v) is 7.81. The smallest absolute Gasteiger partial charge is 0.284 e. The first-order chi connectivity index (χ1) is 14.8. The van der Waals surface area contributed by atoms with Crippen molar-refractivity contribution in [3.05, 3.63) is 35.4 Å². The lowest BCUT2D eigenvalue weighted by molar-refractivity contribution is -0.121. The van der Waals surface area contributed by atoms with Crippen molar-refractivity contribution in [1.29, 1.82) is 0 Å². The van der Waals surface area contributed by atoms with Gasteiger partial charge in [-0.3, -0.25) is 9.35 Å². The minimum Gasteiger partial charge on any atom is -0.368 e. The first-order valence-electron chi connectivity index (χ1n) is 12.1. The SMILES string of the molecule is CCCCCCCCCCCCCCCCC(C(N)=O)(c1ccccc1C)S(=O)(=O)O. The van der Waals surface area contributed by atoms with E-state index in [0.29, 0.717) is 12.0 Å². The molecular weight excluding hydrogens is 410 g/mol. The van der Waals surface area contributed by atoms with Crippen molar-refractivity contribution < 1.29 is 17.8 Å². The average Bonchev–Trinajstić information content (AvgIpc) is 2.70. The molecule has 0 heterocycles. The first kappa shape index (κ1) is 27.6. The molecule has 1 atom stereocenters. The van der Waals surface area contributed by atoms with Gasteiger partial charge in [0.25, 0.3) is 10.1 Å². The van der Waals surface area contributed by atoms with Crippen molar-refractivity contribution in [2.75, 3.05) is 0 Å². The van der Waals surface area contributed by atoms with Crippen LogP contribution >= 0.6 is 0 Å². The van der Waals surface area contributed by atoms with Gasteiger partial charge in [-0.05, 0) is 24.5 Å². The van der Waals surface area contributed by atoms with Gasteiger partial charge in [0.15, 0.2) is 4.75 Å². The largest absolute Gasteiger partial charge is 0.368 e. The molecular formula is C25H43NO4S.